The van der Waals surface area contributed by atoms with Crippen LogP contribution in [-0.4, -0.2) is 27.5 Å². The van der Waals surface area contributed by atoms with Crippen LogP contribution in [0, 0.1) is 5.92 Å². The van der Waals surface area contributed by atoms with Gasteiger partial charge in [0, 0.05) is 11.1 Å². The summed E-state index contributed by atoms with van der Waals surface area (Å²) in [7, 11) is -2.19. The van der Waals surface area contributed by atoms with Crippen LogP contribution in [0.2, 0.25) is 5.02 Å². The molecular weight excluding hydrogens is 398 g/mol. The lowest BCUT2D eigenvalue weighted by Crippen LogP contribution is -2.38. The number of carbonyl (C=O) groups excluding carboxylic acids is 1. The minimum atomic E-state index is -3.57. The zero-order valence-corrected chi connectivity index (χ0v) is 17.3. The largest absolute Gasteiger partial charge is 0.469 e. The summed E-state index contributed by atoms with van der Waals surface area (Å²) in [4.78, 5) is 11.6. The summed E-state index contributed by atoms with van der Waals surface area (Å²) in [6.07, 6.45) is 3.87. The minimum Gasteiger partial charge on any atom is -0.469 e. The summed E-state index contributed by atoms with van der Waals surface area (Å²) in [5.41, 5.74) is 2.04. The molecule has 1 N–H and O–H groups in total. The van der Waals surface area contributed by atoms with Gasteiger partial charge in [0.2, 0.25) is 10.0 Å². The number of ether oxygens (including phenoxy) is 1. The molecule has 1 aliphatic rings. The molecule has 0 aromatic heterocycles. The molecule has 28 heavy (non-hydrogen) atoms. The van der Waals surface area contributed by atoms with Gasteiger partial charge in [0.15, 0.2) is 0 Å². The summed E-state index contributed by atoms with van der Waals surface area (Å²) < 4.78 is 32.9. The molecule has 0 unspecified atom stereocenters. The van der Waals surface area contributed by atoms with E-state index >= 15 is 0 Å². The Morgan fingerprint density at radius 1 is 1.07 bits per heavy atom. The van der Waals surface area contributed by atoms with E-state index in [1.54, 1.807) is 12.1 Å². The van der Waals surface area contributed by atoms with Gasteiger partial charge in [-0.2, -0.15) is 0 Å². The molecule has 1 fully saturated rings. The molecule has 0 bridgehead atoms. The van der Waals surface area contributed by atoms with Crippen molar-refractivity contribution in [2.24, 2.45) is 5.92 Å². The molecule has 0 heterocycles. The summed E-state index contributed by atoms with van der Waals surface area (Å²) in [6.45, 7) is 0. The van der Waals surface area contributed by atoms with Crippen LogP contribution in [0.5, 0.6) is 0 Å². The zero-order valence-electron chi connectivity index (χ0n) is 15.7. The van der Waals surface area contributed by atoms with Crippen LogP contribution in [0.15, 0.2) is 53.4 Å². The Kier molecular flexibility index (Phi) is 6.75. The molecule has 1 saturated carbocycles. The number of benzene rings is 2. The van der Waals surface area contributed by atoms with Gasteiger partial charge in [-0.15, -0.1) is 0 Å². The van der Waals surface area contributed by atoms with Gasteiger partial charge < -0.3 is 4.74 Å². The molecule has 7 heteroatoms. The second-order valence-electron chi connectivity index (χ2n) is 7.15. The average Bonchev–Trinajstić information content (AvgIpc) is 3.09. The monoisotopic (exact) mass is 421 g/mol. The van der Waals surface area contributed by atoms with Crippen molar-refractivity contribution in [1.29, 1.82) is 0 Å². The fourth-order valence-electron chi connectivity index (χ4n) is 3.65. The molecule has 0 amide bonds. The number of hydrogen-bond donors (Lipinski definition) is 1. The van der Waals surface area contributed by atoms with Gasteiger partial charge in [0.25, 0.3) is 0 Å². The summed E-state index contributed by atoms with van der Waals surface area (Å²) >= 11 is 5.85. The average molecular weight is 422 g/mol. The van der Waals surface area contributed by atoms with Gasteiger partial charge in [-0.3, -0.25) is 4.79 Å². The smallest absolute Gasteiger partial charge is 0.309 e. The quantitative estimate of drug-likeness (QED) is 0.691. The number of nitrogens with one attached hydrogen (secondary N) is 1. The third kappa shape index (κ3) is 5.34. The molecule has 1 aliphatic carbocycles. The molecule has 2 atom stereocenters. The lowest BCUT2D eigenvalue weighted by Gasteiger charge is -2.21. The van der Waals surface area contributed by atoms with Gasteiger partial charge in [0.1, 0.15) is 0 Å². The van der Waals surface area contributed by atoms with Gasteiger partial charge in [0.05, 0.1) is 18.4 Å². The van der Waals surface area contributed by atoms with Crippen molar-refractivity contribution in [2.45, 2.75) is 43.0 Å². The molecule has 0 spiro atoms. The lowest BCUT2D eigenvalue weighted by molar-refractivity contribution is -0.139. The highest BCUT2D eigenvalue weighted by Gasteiger charge is 2.31. The van der Waals surface area contributed by atoms with Crippen LogP contribution in [0.25, 0.3) is 0 Å². The lowest BCUT2D eigenvalue weighted by atomic mass is 9.94. The number of esters is 1. The maximum atomic E-state index is 12.7. The number of methoxy groups -OCH3 is 1. The van der Waals surface area contributed by atoms with Crippen molar-refractivity contribution in [3.8, 4) is 0 Å². The van der Waals surface area contributed by atoms with Crippen LogP contribution in [-0.2, 0) is 32.4 Å². The first kappa shape index (κ1) is 20.8. The normalized spacial score (nSPS) is 19.5. The van der Waals surface area contributed by atoms with Gasteiger partial charge in [-0.25, -0.2) is 13.1 Å². The minimum absolute atomic E-state index is 0.0876. The van der Waals surface area contributed by atoms with Crippen molar-refractivity contribution >= 4 is 27.6 Å². The molecule has 150 valence electrons. The van der Waals surface area contributed by atoms with E-state index in [0.29, 0.717) is 5.02 Å². The maximum absolute atomic E-state index is 12.7. The number of sulfonamides is 1. The van der Waals surface area contributed by atoms with E-state index in [9.17, 15) is 13.2 Å². The van der Waals surface area contributed by atoms with E-state index < -0.39 is 10.0 Å². The van der Waals surface area contributed by atoms with Crippen LogP contribution in [0.1, 0.15) is 30.4 Å². The van der Waals surface area contributed by atoms with Gasteiger partial charge in [-0.05, 0) is 60.6 Å². The predicted octanol–water partition coefficient (Wildman–Crippen LogP) is 3.75. The van der Waals surface area contributed by atoms with E-state index in [1.165, 1.54) is 19.2 Å². The Morgan fingerprint density at radius 2 is 1.71 bits per heavy atom. The maximum Gasteiger partial charge on any atom is 0.309 e. The first-order chi connectivity index (χ1) is 13.4. The van der Waals surface area contributed by atoms with Crippen molar-refractivity contribution in [1.82, 2.24) is 4.72 Å². The van der Waals surface area contributed by atoms with E-state index in [-0.39, 0.29) is 29.2 Å². The highest BCUT2D eigenvalue weighted by atomic mass is 35.5. The molecular formula is C21H24ClNO4S. The molecule has 5 nitrogen and oxygen atoms in total. The first-order valence-electron chi connectivity index (χ1n) is 9.30. The van der Waals surface area contributed by atoms with Gasteiger partial charge >= 0.3 is 5.97 Å². The van der Waals surface area contributed by atoms with Crippen molar-refractivity contribution in [2.75, 3.05) is 7.11 Å². The first-order valence-corrected chi connectivity index (χ1v) is 11.2. The second kappa shape index (κ2) is 9.07. The highest BCUT2D eigenvalue weighted by Crippen LogP contribution is 2.30. The fourth-order valence-corrected chi connectivity index (χ4v) is 5.12. The van der Waals surface area contributed by atoms with E-state index in [4.69, 9.17) is 11.6 Å². The number of rotatable bonds is 7. The Hall–Kier alpha value is -1.89. The number of hydrogen-bond acceptors (Lipinski definition) is 4. The molecule has 2 aromatic rings. The SMILES string of the molecule is COC(=O)Cc1ccc(C[C@@H]2CCC[C@H]2NS(=O)(=O)c2ccc(Cl)cc2)cc1. The molecule has 2 aromatic carbocycles. The Bertz CT molecular complexity index is 910. The second-order valence-corrected chi connectivity index (χ2v) is 9.30. The topological polar surface area (TPSA) is 72.5 Å². The Labute approximate surface area is 171 Å². The Balaban J connectivity index is 1.64. The Morgan fingerprint density at radius 3 is 2.36 bits per heavy atom. The highest BCUT2D eigenvalue weighted by molar-refractivity contribution is 7.89. The number of carbonyl (C=O) groups is 1. The molecule has 0 radical (unpaired) electrons. The van der Waals surface area contributed by atoms with E-state index in [2.05, 4.69) is 9.46 Å². The van der Waals surface area contributed by atoms with Crippen molar-refractivity contribution < 1.29 is 17.9 Å². The zero-order chi connectivity index (χ0) is 20.1. The van der Waals surface area contributed by atoms with E-state index in [0.717, 1.165) is 36.8 Å². The van der Waals surface area contributed by atoms with Crippen LogP contribution >= 0.6 is 11.6 Å². The summed E-state index contributed by atoms with van der Waals surface area (Å²) in [6, 6.07) is 14.0. The third-order valence-electron chi connectivity index (χ3n) is 5.19. The molecule has 0 saturated heterocycles. The van der Waals surface area contributed by atoms with Crippen molar-refractivity contribution in [3.63, 3.8) is 0 Å². The number of halogens is 1. The molecule has 3 rings (SSSR count). The van der Waals surface area contributed by atoms with Crippen LogP contribution in [0.4, 0.5) is 0 Å². The van der Waals surface area contributed by atoms with Crippen molar-refractivity contribution in [3.05, 3.63) is 64.7 Å². The summed E-state index contributed by atoms with van der Waals surface area (Å²) in [5, 5.41) is 0.508. The third-order valence-corrected chi connectivity index (χ3v) is 6.94. The predicted molar refractivity (Wildman–Crippen MR) is 109 cm³/mol. The van der Waals surface area contributed by atoms with Crippen LogP contribution < -0.4 is 4.72 Å². The van der Waals surface area contributed by atoms with Gasteiger partial charge in [-0.1, -0.05) is 42.3 Å². The fraction of sp³-hybridized carbons (Fsp3) is 0.381. The van der Waals surface area contributed by atoms with Crippen LogP contribution in [0.3, 0.4) is 0 Å². The standard InChI is InChI=1S/C21H24ClNO4S/c1-27-21(24)14-16-7-5-15(6-8-16)13-17-3-2-4-20(17)23-28(25,26)19-11-9-18(22)10-12-19/h5-12,17,20,23H,2-4,13-14H2,1H3/t17-,20+/m0/s1. The summed E-state index contributed by atoms with van der Waals surface area (Å²) in [5.74, 6) is -0.0197. The molecule has 0 aliphatic heterocycles. The van der Waals surface area contributed by atoms with E-state index in [1.807, 2.05) is 24.3 Å².